The Kier molecular flexibility index (Phi) is 8.65. The number of carbonyl (C=O) groups is 1. The van der Waals surface area contributed by atoms with E-state index >= 15 is 0 Å². The lowest BCUT2D eigenvalue weighted by atomic mass is 9.99. The zero-order valence-corrected chi connectivity index (χ0v) is 22.6. The van der Waals surface area contributed by atoms with E-state index < -0.39 is 16.1 Å². The number of fused-ring (bicyclic) bond motifs is 1. The molecule has 2 N–H and O–H groups in total. The zero-order chi connectivity index (χ0) is 27.3. The Bertz CT molecular complexity index is 1340. The Morgan fingerprint density at radius 2 is 1.84 bits per heavy atom. The predicted molar refractivity (Wildman–Crippen MR) is 145 cm³/mol. The number of likely N-dealkylation sites (N-methyl/N-ethyl adjacent to an activating group) is 1. The molecular formula is C28H34N4O5S. The average molecular weight is 539 g/mol. The van der Waals surface area contributed by atoms with Gasteiger partial charge < -0.3 is 14.7 Å². The first-order chi connectivity index (χ1) is 18.2. The van der Waals surface area contributed by atoms with Gasteiger partial charge in [-0.25, -0.2) is 8.42 Å². The van der Waals surface area contributed by atoms with Crippen molar-refractivity contribution in [3.05, 3.63) is 84.2 Å². The third-order valence-electron chi connectivity index (χ3n) is 6.68. The van der Waals surface area contributed by atoms with Crippen LogP contribution in [0, 0.1) is 5.92 Å². The summed E-state index contributed by atoms with van der Waals surface area (Å²) < 4.78 is 35.5. The normalized spacial score (nSPS) is 18.8. The minimum absolute atomic E-state index is 0.104. The molecule has 3 atom stereocenters. The highest BCUT2D eigenvalue weighted by atomic mass is 32.2. The molecule has 0 saturated carbocycles. The monoisotopic (exact) mass is 538 g/mol. The molecule has 0 bridgehead atoms. The Hall–Kier alpha value is -3.47. The van der Waals surface area contributed by atoms with Crippen LogP contribution in [0.5, 0.6) is 5.75 Å². The number of sulfonamides is 1. The predicted octanol–water partition coefficient (Wildman–Crippen LogP) is 3.23. The maximum absolute atomic E-state index is 13.6. The van der Waals surface area contributed by atoms with Gasteiger partial charge >= 0.3 is 0 Å². The van der Waals surface area contributed by atoms with Crippen LogP contribution in [0.4, 0.5) is 5.69 Å². The van der Waals surface area contributed by atoms with Crippen LogP contribution in [0.15, 0.2) is 78.0 Å². The maximum Gasteiger partial charge on any atom is 0.262 e. The van der Waals surface area contributed by atoms with Gasteiger partial charge in [0, 0.05) is 37.9 Å². The first-order valence-corrected chi connectivity index (χ1v) is 14.0. The van der Waals surface area contributed by atoms with Crippen molar-refractivity contribution in [2.24, 2.45) is 5.92 Å². The van der Waals surface area contributed by atoms with Crippen molar-refractivity contribution in [3.8, 4) is 5.75 Å². The standard InChI is InChI=1S/C28H34N4O5S/c1-20-16-32(21(2)19-33)28(34)24-10-7-11-25(30-38(35,36)23-8-5-4-6-9-23)27(24)37-26(20)18-31(3)17-22-12-14-29-15-13-22/h4-15,20-21,26,30,33H,16-19H2,1-3H3/t20-,21+,26-/m1/s1. The molecule has 1 aliphatic heterocycles. The van der Waals surface area contributed by atoms with Crippen molar-refractivity contribution in [2.75, 3.05) is 31.5 Å². The second-order valence-electron chi connectivity index (χ2n) is 9.78. The van der Waals surface area contributed by atoms with Gasteiger partial charge in [0.2, 0.25) is 0 Å². The second-order valence-corrected chi connectivity index (χ2v) is 11.5. The molecule has 10 heteroatoms. The molecule has 2 aromatic carbocycles. The summed E-state index contributed by atoms with van der Waals surface area (Å²) in [6, 6.07) is 16.4. The summed E-state index contributed by atoms with van der Waals surface area (Å²) in [4.78, 5) is 21.6. The van der Waals surface area contributed by atoms with E-state index in [1.54, 1.807) is 60.6 Å². The molecule has 1 aliphatic rings. The van der Waals surface area contributed by atoms with Gasteiger partial charge in [-0.3, -0.25) is 19.4 Å². The Labute approximate surface area is 224 Å². The van der Waals surface area contributed by atoms with E-state index in [4.69, 9.17) is 4.74 Å². The van der Waals surface area contributed by atoms with Gasteiger partial charge in [-0.05, 0) is 55.9 Å². The van der Waals surface area contributed by atoms with E-state index in [9.17, 15) is 18.3 Å². The van der Waals surface area contributed by atoms with Crippen molar-refractivity contribution in [1.29, 1.82) is 0 Å². The summed E-state index contributed by atoms with van der Waals surface area (Å²) >= 11 is 0. The molecule has 202 valence electrons. The summed E-state index contributed by atoms with van der Waals surface area (Å²) in [5.74, 6) is -0.251. The highest BCUT2D eigenvalue weighted by molar-refractivity contribution is 7.92. The van der Waals surface area contributed by atoms with Crippen molar-refractivity contribution in [2.45, 2.75) is 37.4 Å². The number of aliphatic hydroxyl groups excluding tert-OH is 1. The minimum atomic E-state index is -3.93. The lowest BCUT2D eigenvalue weighted by Crippen LogP contribution is -2.49. The molecule has 0 aliphatic carbocycles. The number of carbonyl (C=O) groups excluding carboxylic acids is 1. The fourth-order valence-electron chi connectivity index (χ4n) is 4.52. The number of aliphatic hydroxyl groups is 1. The van der Waals surface area contributed by atoms with Crippen LogP contribution >= 0.6 is 0 Å². The van der Waals surface area contributed by atoms with Crippen LogP contribution in [-0.2, 0) is 16.6 Å². The number of rotatable bonds is 9. The van der Waals surface area contributed by atoms with Crippen LogP contribution in [0.3, 0.4) is 0 Å². The molecule has 0 unspecified atom stereocenters. The van der Waals surface area contributed by atoms with Gasteiger partial charge in [0.05, 0.1) is 28.8 Å². The van der Waals surface area contributed by atoms with Crippen molar-refractivity contribution >= 4 is 21.6 Å². The van der Waals surface area contributed by atoms with E-state index in [1.807, 2.05) is 26.1 Å². The lowest BCUT2D eigenvalue weighted by Gasteiger charge is -2.38. The number of para-hydroxylation sites is 1. The lowest BCUT2D eigenvalue weighted by molar-refractivity contribution is 0.0344. The van der Waals surface area contributed by atoms with Crippen molar-refractivity contribution < 1.29 is 23.1 Å². The van der Waals surface area contributed by atoms with E-state index in [2.05, 4.69) is 14.6 Å². The molecule has 3 aromatic rings. The summed E-state index contributed by atoms with van der Waals surface area (Å²) in [5, 5.41) is 9.88. The van der Waals surface area contributed by atoms with E-state index in [0.717, 1.165) is 5.56 Å². The quantitative estimate of drug-likeness (QED) is 0.430. The maximum atomic E-state index is 13.6. The fourth-order valence-corrected chi connectivity index (χ4v) is 5.60. The molecule has 0 saturated heterocycles. The van der Waals surface area contributed by atoms with Crippen LogP contribution < -0.4 is 9.46 Å². The number of aromatic nitrogens is 1. The highest BCUT2D eigenvalue weighted by Gasteiger charge is 2.35. The SMILES string of the molecule is C[C@@H]1CN([C@@H](C)CO)C(=O)c2cccc(NS(=O)(=O)c3ccccc3)c2O[C@@H]1CN(C)Cc1ccncc1. The number of hydrogen-bond donors (Lipinski definition) is 2. The van der Waals surface area contributed by atoms with Gasteiger partial charge in [-0.1, -0.05) is 31.2 Å². The highest BCUT2D eigenvalue weighted by Crippen LogP contribution is 2.36. The number of pyridine rings is 1. The summed E-state index contributed by atoms with van der Waals surface area (Å²) in [7, 11) is -1.94. The number of ether oxygens (including phenoxy) is 1. The summed E-state index contributed by atoms with van der Waals surface area (Å²) in [5.41, 5.74) is 1.53. The van der Waals surface area contributed by atoms with E-state index in [1.165, 1.54) is 12.1 Å². The number of amides is 1. The fraction of sp³-hybridized carbons (Fsp3) is 0.357. The molecule has 2 heterocycles. The summed E-state index contributed by atoms with van der Waals surface area (Å²) in [6.45, 7) is 5.17. The van der Waals surface area contributed by atoms with Gasteiger partial charge in [-0.2, -0.15) is 0 Å². The molecule has 38 heavy (non-hydrogen) atoms. The average Bonchev–Trinajstić information content (AvgIpc) is 2.91. The first kappa shape index (κ1) is 27.6. The van der Waals surface area contributed by atoms with Crippen LogP contribution in [0.1, 0.15) is 29.8 Å². The molecule has 1 amide bonds. The number of hydrogen-bond acceptors (Lipinski definition) is 7. The Balaban J connectivity index is 1.71. The number of nitrogens with zero attached hydrogens (tertiary/aromatic N) is 3. The van der Waals surface area contributed by atoms with Crippen molar-refractivity contribution in [3.63, 3.8) is 0 Å². The van der Waals surface area contributed by atoms with Crippen molar-refractivity contribution in [1.82, 2.24) is 14.8 Å². The minimum Gasteiger partial charge on any atom is -0.486 e. The van der Waals surface area contributed by atoms with Crippen LogP contribution in [0.2, 0.25) is 0 Å². The van der Waals surface area contributed by atoms with Gasteiger partial charge in [0.1, 0.15) is 6.10 Å². The molecule has 9 nitrogen and oxygen atoms in total. The molecule has 0 spiro atoms. The Morgan fingerprint density at radius 1 is 1.13 bits per heavy atom. The third-order valence-corrected chi connectivity index (χ3v) is 8.06. The second kappa shape index (κ2) is 11.9. The van der Waals surface area contributed by atoms with Crippen LogP contribution in [-0.4, -0.2) is 73.1 Å². The molecular weight excluding hydrogens is 504 g/mol. The smallest absolute Gasteiger partial charge is 0.262 e. The number of nitrogens with one attached hydrogen (secondary N) is 1. The third kappa shape index (κ3) is 6.32. The van der Waals surface area contributed by atoms with Gasteiger partial charge in [0.25, 0.3) is 15.9 Å². The Morgan fingerprint density at radius 3 is 2.53 bits per heavy atom. The van der Waals surface area contributed by atoms with E-state index in [-0.39, 0.29) is 46.4 Å². The number of anilines is 1. The molecule has 0 fully saturated rings. The largest absolute Gasteiger partial charge is 0.486 e. The van der Waals surface area contributed by atoms with Gasteiger partial charge in [0.15, 0.2) is 5.75 Å². The first-order valence-electron chi connectivity index (χ1n) is 12.6. The summed E-state index contributed by atoms with van der Waals surface area (Å²) in [6.07, 6.45) is 3.13. The van der Waals surface area contributed by atoms with E-state index in [0.29, 0.717) is 19.6 Å². The number of benzene rings is 2. The van der Waals surface area contributed by atoms with Crippen LogP contribution in [0.25, 0.3) is 0 Å². The zero-order valence-electron chi connectivity index (χ0n) is 21.8. The van der Waals surface area contributed by atoms with Gasteiger partial charge in [-0.15, -0.1) is 0 Å². The molecule has 1 aromatic heterocycles. The molecule has 4 rings (SSSR count). The molecule has 0 radical (unpaired) electrons. The topological polar surface area (TPSA) is 112 Å².